The van der Waals surface area contributed by atoms with Gasteiger partial charge in [-0.2, -0.15) is 39.5 Å². The predicted molar refractivity (Wildman–Crippen MR) is 84.3 cm³/mol. The van der Waals surface area contributed by atoms with Gasteiger partial charge in [0.2, 0.25) is 0 Å². The zero-order valence-corrected chi connectivity index (χ0v) is 13.8. The van der Waals surface area contributed by atoms with Crippen LogP contribution in [0.4, 0.5) is 51.0 Å². The summed E-state index contributed by atoms with van der Waals surface area (Å²) in [6, 6.07) is 3.14. The fourth-order valence-corrected chi connectivity index (χ4v) is 2.50. The number of alkyl halides is 9. The van der Waals surface area contributed by atoms with Gasteiger partial charge in [0, 0.05) is 11.1 Å². The number of halogens is 9. The molecule has 1 heterocycles. The lowest BCUT2D eigenvalue weighted by Crippen LogP contribution is -2.12. The van der Waals surface area contributed by atoms with Crippen LogP contribution in [0.3, 0.4) is 0 Å². The molecule has 0 aliphatic heterocycles. The van der Waals surface area contributed by atoms with E-state index in [0.29, 0.717) is 18.2 Å². The highest BCUT2D eigenvalue weighted by Gasteiger charge is 2.37. The monoisotopic (exact) mass is 425 g/mol. The van der Waals surface area contributed by atoms with Crippen molar-refractivity contribution in [3.05, 3.63) is 59.4 Å². The number of anilines is 2. The summed E-state index contributed by atoms with van der Waals surface area (Å²) < 4.78 is 117. The summed E-state index contributed by atoms with van der Waals surface area (Å²) in [7, 11) is 0. The van der Waals surface area contributed by atoms with Crippen LogP contribution in [0, 0.1) is 0 Å². The summed E-state index contributed by atoms with van der Waals surface area (Å²) in [5.74, 6) is -0.381. The Balaban J connectivity index is 2.13. The fourth-order valence-electron chi connectivity index (χ4n) is 2.50. The maximum atomic E-state index is 13.0. The van der Waals surface area contributed by atoms with E-state index >= 15 is 0 Å². The van der Waals surface area contributed by atoms with Gasteiger partial charge < -0.3 is 5.32 Å². The van der Waals surface area contributed by atoms with Crippen molar-refractivity contribution in [2.75, 3.05) is 5.32 Å². The number of nitrogens with one attached hydrogen (secondary N) is 1. The molecule has 2 aromatic carbocycles. The Morgan fingerprint density at radius 2 is 1.17 bits per heavy atom. The van der Waals surface area contributed by atoms with E-state index in [-0.39, 0.29) is 22.8 Å². The molecule has 0 atom stereocenters. The van der Waals surface area contributed by atoms with Crippen LogP contribution in [0.1, 0.15) is 16.7 Å². The first-order valence-electron chi connectivity index (χ1n) is 7.63. The Hall–Kier alpha value is -3.05. The Bertz CT molecular complexity index is 1020. The second-order valence-corrected chi connectivity index (χ2v) is 5.87. The Morgan fingerprint density at radius 1 is 0.621 bits per heavy atom. The molecule has 3 nitrogen and oxygen atoms in total. The minimum absolute atomic E-state index is 0.0125. The summed E-state index contributed by atoms with van der Waals surface area (Å²) in [5.41, 5.74) is -4.88. The Kier molecular flexibility index (Phi) is 4.83. The van der Waals surface area contributed by atoms with Gasteiger partial charge in [0.05, 0.1) is 22.2 Å². The molecule has 0 unspecified atom stereocenters. The van der Waals surface area contributed by atoms with Crippen LogP contribution in [0.15, 0.2) is 42.7 Å². The number of benzene rings is 2. The van der Waals surface area contributed by atoms with E-state index in [9.17, 15) is 39.5 Å². The summed E-state index contributed by atoms with van der Waals surface area (Å²) >= 11 is 0. The maximum absolute atomic E-state index is 13.0. The Morgan fingerprint density at radius 3 is 1.69 bits per heavy atom. The number of fused-ring (bicyclic) bond motifs is 1. The molecule has 0 amide bonds. The van der Waals surface area contributed by atoms with E-state index < -0.39 is 40.9 Å². The van der Waals surface area contributed by atoms with Crippen LogP contribution in [0.2, 0.25) is 0 Å². The van der Waals surface area contributed by atoms with Gasteiger partial charge in [-0.1, -0.05) is 0 Å². The molecule has 3 rings (SSSR count). The van der Waals surface area contributed by atoms with Crippen molar-refractivity contribution < 1.29 is 39.5 Å². The van der Waals surface area contributed by atoms with Crippen LogP contribution in [0.5, 0.6) is 0 Å². The van der Waals surface area contributed by atoms with Gasteiger partial charge in [0.1, 0.15) is 12.1 Å². The minimum atomic E-state index is -5.07. The number of nitrogens with zero attached hydrogens (tertiary/aromatic N) is 2. The molecule has 12 heteroatoms. The number of aromatic nitrogens is 2. The molecule has 1 aromatic heterocycles. The predicted octanol–water partition coefficient (Wildman–Crippen LogP) is 6.43. The second-order valence-electron chi connectivity index (χ2n) is 5.87. The third kappa shape index (κ3) is 4.51. The minimum Gasteiger partial charge on any atom is -0.340 e. The molecule has 0 bridgehead atoms. The smallest absolute Gasteiger partial charge is 0.340 e. The van der Waals surface area contributed by atoms with E-state index in [1.807, 2.05) is 0 Å². The molecular formula is C17H8F9N3. The lowest BCUT2D eigenvalue weighted by Gasteiger charge is -2.16. The third-order valence-corrected chi connectivity index (χ3v) is 3.81. The molecule has 1 N–H and O–H groups in total. The average molecular weight is 425 g/mol. The van der Waals surface area contributed by atoms with Gasteiger partial charge in [0.25, 0.3) is 0 Å². The molecule has 0 saturated heterocycles. The van der Waals surface area contributed by atoms with Crippen LogP contribution >= 0.6 is 0 Å². The largest absolute Gasteiger partial charge is 0.416 e. The standard InChI is InChI=1S/C17H8F9N3/c18-15(19,20)8-1-2-13-12(6-8)14(28-7-27-13)29-11-4-9(16(21,22)23)3-10(5-11)17(24,25)26/h1-7H,(H,27,28,29). The molecule has 0 saturated carbocycles. The summed E-state index contributed by atoms with van der Waals surface area (Å²) in [6.07, 6.45) is -14.0. The summed E-state index contributed by atoms with van der Waals surface area (Å²) in [6.45, 7) is 0. The summed E-state index contributed by atoms with van der Waals surface area (Å²) in [4.78, 5) is 7.40. The number of hydrogen-bond donors (Lipinski definition) is 1. The van der Waals surface area contributed by atoms with E-state index in [2.05, 4.69) is 15.3 Å². The molecule has 0 aliphatic rings. The molecular weight excluding hydrogens is 417 g/mol. The molecule has 154 valence electrons. The third-order valence-electron chi connectivity index (χ3n) is 3.81. The van der Waals surface area contributed by atoms with Crippen molar-refractivity contribution in [3.63, 3.8) is 0 Å². The second kappa shape index (κ2) is 6.78. The lowest BCUT2D eigenvalue weighted by atomic mass is 10.1. The van der Waals surface area contributed by atoms with Crippen molar-refractivity contribution in [1.29, 1.82) is 0 Å². The molecule has 0 radical (unpaired) electrons. The fraction of sp³-hybridized carbons (Fsp3) is 0.176. The van der Waals surface area contributed by atoms with E-state index in [4.69, 9.17) is 0 Å². The zero-order chi connectivity index (χ0) is 21.6. The van der Waals surface area contributed by atoms with Crippen LogP contribution in [-0.4, -0.2) is 9.97 Å². The first-order chi connectivity index (χ1) is 13.2. The van der Waals surface area contributed by atoms with Gasteiger partial charge in [-0.25, -0.2) is 9.97 Å². The molecule has 3 aromatic rings. The number of hydrogen-bond acceptors (Lipinski definition) is 3. The molecule has 0 aliphatic carbocycles. The van der Waals surface area contributed by atoms with Gasteiger partial charge in [-0.3, -0.25) is 0 Å². The summed E-state index contributed by atoms with van der Waals surface area (Å²) in [5, 5.41) is 2.00. The van der Waals surface area contributed by atoms with Crippen molar-refractivity contribution in [1.82, 2.24) is 9.97 Å². The average Bonchev–Trinajstić information content (AvgIpc) is 2.59. The van der Waals surface area contributed by atoms with Crippen molar-refractivity contribution in [2.45, 2.75) is 18.5 Å². The highest BCUT2D eigenvalue weighted by molar-refractivity contribution is 5.91. The topological polar surface area (TPSA) is 37.8 Å². The van der Waals surface area contributed by atoms with E-state index in [1.54, 1.807) is 0 Å². The highest BCUT2D eigenvalue weighted by atomic mass is 19.4. The van der Waals surface area contributed by atoms with Crippen molar-refractivity contribution >= 4 is 22.4 Å². The van der Waals surface area contributed by atoms with Crippen molar-refractivity contribution in [3.8, 4) is 0 Å². The molecule has 0 spiro atoms. The van der Waals surface area contributed by atoms with Crippen LogP contribution in [0.25, 0.3) is 10.9 Å². The molecule has 0 fully saturated rings. The number of rotatable bonds is 2. The lowest BCUT2D eigenvalue weighted by molar-refractivity contribution is -0.143. The van der Waals surface area contributed by atoms with Crippen molar-refractivity contribution in [2.24, 2.45) is 0 Å². The molecule has 29 heavy (non-hydrogen) atoms. The van der Waals surface area contributed by atoms with Gasteiger partial charge >= 0.3 is 18.5 Å². The first-order valence-corrected chi connectivity index (χ1v) is 7.63. The van der Waals surface area contributed by atoms with E-state index in [0.717, 1.165) is 18.5 Å². The van der Waals surface area contributed by atoms with Gasteiger partial charge in [0.15, 0.2) is 0 Å². The Labute approximate surface area is 156 Å². The SMILES string of the molecule is FC(F)(F)c1cc(Nc2ncnc3ccc(C(F)(F)F)cc23)cc(C(F)(F)F)c1. The maximum Gasteiger partial charge on any atom is 0.416 e. The van der Waals surface area contributed by atoms with Crippen LogP contribution in [-0.2, 0) is 18.5 Å². The highest BCUT2D eigenvalue weighted by Crippen LogP contribution is 2.39. The van der Waals surface area contributed by atoms with Gasteiger partial charge in [-0.05, 0) is 36.4 Å². The first kappa shape index (κ1) is 20.7. The van der Waals surface area contributed by atoms with E-state index in [1.165, 1.54) is 0 Å². The normalized spacial score (nSPS) is 13.0. The zero-order valence-electron chi connectivity index (χ0n) is 13.8. The quantitative estimate of drug-likeness (QED) is 0.481. The van der Waals surface area contributed by atoms with Crippen LogP contribution < -0.4 is 5.32 Å². The van der Waals surface area contributed by atoms with Gasteiger partial charge in [-0.15, -0.1) is 0 Å².